The number of nitrogens with one attached hydrogen (secondary N) is 2. The third kappa shape index (κ3) is 3.85. The first-order valence-electron chi connectivity index (χ1n) is 6.42. The van der Waals surface area contributed by atoms with Crippen LogP contribution in [0.2, 0.25) is 0 Å². The lowest BCUT2D eigenvalue weighted by atomic mass is 10.2. The smallest absolute Gasteiger partial charge is 0.313 e. The third-order valence-electron chi connectivity index (χ3n) is 2.54. The van der Waals surface area contributed by atoms with Crippen LogP contribution in [-0.2, 0) is 16.6 Å². The maximum atomic E-state index is 11.6. The fraction of sp³-hybridized carbons (Fsp3) is 0.308. The summed E-state index contributed by atoms with van der Waals surface area (Å²) in [4.78, 5) is 24.5. The van der Waals surface area contributed by atoms with E-state index >= 15 is 0 Å². The molecule has 2 N–H and O–H groups in total. The number of nitrogens with zero attached hydrogens (tertiary/aromatic N) is 4. The van der Waals surface area contributed by atoms with Gasteiger partial charge in [-0.1, -0.05) is 0 Å². The van der Waals surface area contributed by atoms with E-state index in [1.807, 2.05) is 0 Å². The predicted molar refractivity (Wildman–Crippen MR) is 76.1 cm³/mol. The van der Waals surface area contributed by atoms with E-state index in [-0.39, 0.29) is 6.04 Å². The molecule has 0 aliphatic heterocycles. The highest BCUT2D eigenvalue weighted by Gasteiger charge is 2.14. The van der Waals surface area contributed by atoms with Crippen molar-refractivity contribution in [2.24, 2.45) is 7.05 Å². The van der Waals surface area contributed by atoms with Gasteiger partial charge >= 0.3 is 11.8 Å². The van der Waals surface area contributed by atoms with Gasteiger partial charge in [0.15, 0.2) is 0 Å². The van der Waals surface area contributed by atoms with Gasteiger partial charge < -0.3 is 10.6 Å². The highest BCUT2D eigenvalue weighted by atomic mass is 16.2. The Labute approximate surface area is 121 Å². The van der Waals surface area contributed by atoms with Gasteiger partial charge in [-0.25, -0.2) is 0 Å². The minimum atomic E-state index is -0.700. The van der Waals surface area contributed by atoms with Gasteiger partial charge in [-0.05, 0) is 43.3 Å². The van der Waals surface area contributed by atoms with Crippen LogP contribution in [0.5, 0.6) is 0 Å². The van der Waals surface area contributed by atoms with Crippen molar-refractivity contribution in [2.75, 3.05) is 5.32 Å². The number of hydrogen-bond acceptors (Lipinski definition) is 5. The second-order valence-corrected chi connectivity index (χ2v) is 4.76. The second kappa shape index (κ2) is 6.12. The summed E-state index contributed by atoms with van der Waals surface area (Å²) in [6.07, 6.45) is 0. The molecule has 110 valence electrons. The zero-order chi connectivity index (χ0) is 15.4. The highest BCUT2D eigenvalue weighted by molar-refractivity contribution is 6.39. The Morgan fingerprint density at radius 3 is 2.33 bits per heavy atom. The van der Waals surface area contributed by atoms with Crippen LogP contribution in [0.3, 0.4) is 0 Å². The maximum Gasteiger partial charge on any atom is 0.313 e. The molecule has 1 aromatic heterocycles. The van der Waals surface area contributed by atoms with Crippen molar-refractivity contribution in [3.63, 3.8) is 0 Å². The lowest BCUT2D eigenvalue weighted by Gasteiger charge is -2.08. The van der Waals surface area contributed by atoms with E-state index < -0.39 is 11.8 Å². The van der Waals surface area contributed by atoms with Crippen LogP contribution in [0, 0.1) is 0 Å². The Morgan fingerprint density at radius 1 is 1.14 bits per heavy atom. The van der Waals surface area contributed by atoms with Gasteiger partial charge in [0.2, 0.25) is 5.82 Å². The molecule has 0 aliphatic carbocycles. The Hall–Kier alpha value is -2.77. The van der Waals surface area contributed by atoms with E-state index in [1.165, 1.54) is 4.80 Å². The number of carbonyl (C=O) groups excluding carboxylic acids is 2. The number of tetrazole rings is 1. The number of benzene rings is 1. The molecule has 0 saturated carbocycles. The summed E-state index contributed by atoms with van der Waals surface area (Å²) < 4.78 is 0. The fourth-order valence-electron chi connectivity index (χ4n) is 1.62. The third-order valence-corrected chi connectivity index (χ3v) is 2.54. The van der Waals surface area contributed by atoms with Crippen LogP contribution in [0.1, 0.15) is 13.8 Å². The maximum absolute atomic E-state index is 11.6. The molecule has 0 radical (unpaired) electrons. The monoisotopic (exact) mass is 288 g/mol. The lowest BCUT2D eigenvalue weighted by molar-refractivity contribution is -0.136. The molecule has 0 spiro atoms. The summed E-state index contributed by atoms with van der Waals surface area (Å²) >= 11 is 0. The summed E-state index contributed by atoms with van der Waals surface area (Å²) in [5.41, 5.74) is 1.29. The van der Waals surface area contributed by atoms with Gasteiger partial charge in [0.25, 0.3) is 0 Å². The molecule has 1 aromatic carbocycles. The van der Waals surface area contributed by atoms with Gasteiger partial charge in [-0.15, -0.1) is 10.2 Å². The molecule has 8 nitrogen and oxygen atoms in total. The quantitative estimate of drug-likeness (QED) is 0.793. The summed E-state index contributed by atoms with van der Waals surface area (Å²) in [6.45, 7) is 3.57. The van der Waals surface area contributed by atoms with Crippen molar-refractivity contribution in [1.29, 1.82) is 0 Å². The molecule has 0 atom stereocenters. The van der Waals surface area contributed by atoms with Gasteiger partial charge in [0, 0.05) is 17.3 Å². The van der Waals surface area contributed by atoms with Gasteiger partial charge in [0.1, 0.15) is 0 Å². The summed E-state index contributed by atoms with van der Waals surface area (Å²) in [6, 6.07) is 6.74. The average Bonchev–Trinajstić information content (AvgIpc) is 2.85. The fourth-order valence-corrected chi connectivity index (χ4v) is 1.62. The zero-order valence-corrected chi connectivity index (χ0v) is 12.0. The van der Waals surface area contributed by atoms with Gasteiger partial charge in [-0.2, -0.15) is 4.80 Å². The second-order valence-electron chi connectivity index (χ2n) is 4.76. The number of aryl methyl sites for hydroxylation is 1. The molecule has 2 amide bonds. The minimum absolute atomic E-state index is 0.0895. The van der Waals surface area contributed by atoms with E-state index in [9.17, 15) is 9.59 Å². The van der Waals surface area contributed by atoms with E-state index in [0.717, 1.165) is 5.56 Å². The SMILES string of the molecule is CC(C)NC(=O)C(=O)Nc1ccc(-c2nnn(C)n2)cc1. The topological polar surface area (TPSA) is 102 Å². The molecule has 2 rings (SSSR count). The van der Waals surface area contributed by atoms with Crippen molar-refractivity contribution in [1.82, 2.24) is 25.5 Å². The van der Waals surface area contributed by atoms with Crippen LogP contribution < -0.4 is 10.6 Å². The Balaban J connectivity index is 2.02. The molecule has 2 aromatic rings. The molecule has 0 aliphatic rings. The zero-order valence-electron chi connectivity index (χ0n) is 12.0. The van der Waals surface area contributed by atoms with Gasteiger partial charge in [-0.3, -0.25) is 9.59 Å². The molecular formula is C13H16N6O2. The molecule has 1 heterocycles. The first-order chi connectivity index (χ1) is 9.95. The molecule has 0 fully saturated rings. The normalized spacial score (nSPS) is 10.5. The largest absolute Gasteiger partial charge is 0.346 e. The minimum Gasteiger partial charge on any atom is -0.346 e. The van der Waals surface area contributed by atoms with Crippen LogP contribution >= 0.6 is 0 Å². The average molecular weight is 288 g/mol. The van der Waals surface area contributed by atoms with E-state index in [2.05, 4.69) is 26.0 Å². The van der Waals surface area contributed by atoms with Crippen molar-refractivity contribution in [3.8, 4) is 11.4 Å². The summed E-state index contributed by atoms with van der Waals surface area (Å²) in [5.74, 6) is -0.869. The molecule has 0 saturated heterocycles. The Kier molecular flexibility index (Phi) is 4.27. The predicted octanol–water partition coefficient (Wildman–Crippen LogP) is 0.340. The number of amides is 2. The van der Waals surface area contributed by atoms with Crippen LogP contribution in [0.25, 0.3) is 11.4 Å². The van der Waals surface area contributed by atoms with E-state index in [1.54, 1.807) is 45.2 Å². The first kappa shape index (κ1) is 14.6. The van der Waals surface area contributed by atoms with Crippen molar-refractivity contribution in [3.05, 3.63) is 24.3 Å². The number of aromatic nitrogens is 4. The highest BCUT2D eigenvalue weighted by Crippen LogP contribution is 2.16. The standard InChI is InChI=1S/C13H16N6O2/c1-8(2)14-12(20)13(21)15-10-6-4-9(5-7-10)11-16-18-19(3)17-11/h4-8H,1-3H3,(H,14,20)(H,15,21). The number of hydrogen-bond donors (Lipinski definition) is 2. The Bertz CT molecular complexity index is 647. The van der Waals surface area contributed by atoms with Crippen LogP contribution in [-0.4, -0.2) is 38.1 Å². The van der Waals surface area contributed by atoms with E-state index in [0.29, 0.717) is 11.5 Å². The van der Waals surface area contributed by atoms with Crippen LogP contribution in [0.4, 0.5) is 5.69 Å². The van der Waals surface area contributed by atoms with Crippen LogP contribution in [0.15, 0.2) is 24.3 Å². The van der Waals surface area contributed by atoms with E-state index in [4.69, 9.17) is 0 Å². The number of anilines is 1. The van der Waals surface area contributed by atoms with Crippen molar-refractivity contribution < 1.29 is 9.59 Å². The number of rotatable bonds is 3. The van der Waals surface area contributed by atoms with Crippen molar-refractivity contribution >= 4 is 17.5 Å². The molecule has 0 bridgehead atoms. The summed E-state index contributed by atoms with van der Waals surface area (Å²) in [7, 11) is 1.68. The number of carbonyl (C=O) groups is 2. The lowest BCUT2D eigenvalue weighted by Crippen LogP contribution is -2.39. The summed E-state index contributed by atoms with van der Waals surface area (Å²) in [5, 5.41) is 16.7. The van der Waals surface area contributed by atoms with Crippen molar-refractivity contribution in [2.45, 2.75) is 19.9 Å². The van der Waals surface area contributed by atoms with Gasteiger partial charge in [0.05, 0.1) is 7.05 Å². The molecular weight excluding hydrogens is 272 g/mol. The molecule has 21 heavy (non-hydrogen) atoms. The Morgan fingerprint density at radius 2 is 1.81 bits per heavy atom. The first-order valence-corrected chi connectivity index (χ1v) is 6.42. The molecule has 8 heteroatoms. The molecule has 0 unspecified atom stereocenters.